The summed E-state index contributed by atoms with van der Waals surface area (Å²) in [7, 11) is 0. The van der Waals surface area contributed by atoms with E-state index in [2.05, 4.69) is 70.0 Å². The van der Waals surface area contributed by atoms with E-state index in [1.54, 1.807) is 11.3 Å². The van der Waals surface area contributed by atoms with Crippen LogP contribution < -0.4 is 5.32 Å². The van der Waals surface area contributed by atoms with Crippen molar-refractivity contribution >= 4 is 11.3 Å². The van der Waals surface area contributed by atoms with Crippen LogP contribution in [-0.2, 0) is 0 Å². The maximum atomic E-state index is 4.52. The molecule has 0 spiro atoms. The zero-order valence-corrected chi connectivity index (χ0v) is 14.1. The quantitative estimate of drug-likeness (QED) is 0.875. The second-order valence-corrected chi connectivity index (χ2v) is 6.87. The predicted octanol–water partition coefficient (Wildman–Crippen LogP) is 4.79. The predicted molar refractivity (Wildman–Crippen MR) is 87.5 cm³/mol. The summed E-state index contributed by atoms with van der Waals surface area (Å²) in [6.07, 6.45) is 0. The largest absolute Gasteiger partial charge is 0.303 e. The lowest BCUT2D eigenvalue weighted by Crippen LogP contribution is -2.22. The molecule has 0 saturated carbocycles. The molecule has 2 aromatic rings. The van der Waals surface area contributed by atoms with Crippen LogP contribution in [0.3, 0.4) is 0 Å². The first-order valence-electron chi connectivity index (χ1n) is 7.15. The van der Waals surface area contributed by atoms with Crippen LogP contribution in [0.4, 0.5) is 0 Å². The zero-order chi connectivity index (χ0) is 14.9. The van der Waals surface area contributed by atoms with Gasteiger partial charge in [-0.2, -0.15) is 0 Å². The highest BCUT2D eigenvalue weighted by Crippen LogP contribution is 2.27. The Balaban J connectivity index is 2.12. The lowest BCUT2D eigenvalue weighted by molar-refractivity contribution is 0.498. The van der Waals surface area contributed by atoms with Gasteiger partial charge in [-0.1, -0.05) is 18.2 Å². The molecule has 1 heterocycles. The van der Waals surface area contributed by atoms with Crippen LogP contribution in [0.5, 0.6) is 0 Å². The molecule has 3 heteroatoms. The highest BCUT2D eigenvalue weighted by atomic mass is 32.1. The molecule has 2 nitrogen and oxygen atoms in total. The van der Waals surface area contributed by atoms with Gasteiger partial charge in [0.05, 0.1) is 10.7 Å². The van der Waals surface area contributed by atoms with E-state index in [9.17, 15) is 0 Å². The second-order valence-electron chi connectivity index (χ2n) is 5.64. The van der Waals surface area contributed by atoms with Gasteiger partial charge in [0.2, 0.25) is 0 Å². The lowest BCUT2D eigenvalue weighted by atomic mass is 10.0. The molecule has 2 unspecified atom stereocenters. The molecule has 2 atom stereocenters. The van der Waals surface area contributed by atoms with Gasteiger partial charge >= 0.3 is 0 Å². The van der Waals surface area contributed by atoms with E-state index in [-0.39, 0.29) is 0 Å². The molecule has 0 aliphatic carbocycles. The Kier molecular flexibility index (Phi) is 4.61. The third kappa shape index (κ3) is 3.28. The average Bonchev–Trinajstić information content (AvgIpc) is 2.71. The van der Waals surface area contributed by atoms with Crippen molar-refractivity contribution in [3.05, 3.63) is 50.5 Å². The topological polar surface area (TPSA) is 24.9 Å². The van der Waals surface area contributed by atoms with Crippen LogP contribution in [0, 0.1) is 27.7 Å². The van der Waals surface area contributed by atoms with Crippen molar-refractivity contribution in [3.63, 3.8) is 0 Å². The fourth-order valence-corrected chi connectivity index (χ4v) is 3.47. The maximum absolute atomic E-state index is 4.52. The standard InChI is InChI=1S/C17H24N2S/c1-10-7-8-16(9-11(10)2)12(3)18-13(4)17-14(5)19-15(6)20-17/h7-9,12-13,18H,1-6H3. The molecule has 2 rings (SSSR count). The van der Waals surface area contributed by atoms with Crippen molar-refractivity contribution in [3.8, 4) is 0 Å². The molecule has 0 aliphatic rings. The third-order valence-electron chi connectivity index (χ3n) is 3.86. The molecule has 1 aromatic carbocycles. The van der Waals surface area contributed by atoms with E-state index < -0.39 is 0 Å². The number of thiazole rings is 1. The number of rotatable bonds is 4. The second kappa shape index (κ2) is 6.06. The number of aromatic nitrogens is 1. The summed E-state index contributed by atoms with van der Waals surface area (Å²) in [5, 5.41) is 4.83. The van der Waals surface area contributed by atoms with Crippen LogP contribution >= 0.6 is 11.3 Å². The van der Waals surface area contributed by atoms with Gasteiger partial charge in [0.1, 0.15) is 0 Å². The Morgan fingerprint density at radius 3 is 2.25 bits per heavy atom. The van der Waals surface area contributed by atoms with Crippen LogP contribution in [0.2, 0.25) is 0 Å². The minimum Gasteiger partial charge on any atom is -0.303 e. The third-order valence-corrected chi connectivity index (χ3v) is 5.12. The first-order valence-corrected chi connectivity index (χ1v) is 7.97. The molecule has 0 saturated heterocycles. The first kappa shape index (κ1) is 15.2. The molecule has 1 aromatic heterocycles. The number of nitrogens with zero attached hydrogens (tertiary/aromatic N) is 1. The molecule has 0 amide bonds. The fourth-order valence-electron chi connectivity index (χ4n) is 2.53. The molecule has 20 heavy (non-hydrogen) atoms. The number of hydrogen-bond acceptors (Lipinski definition) is 3. The van der Waals surface area contributed by atoms with Gasteiger partial charge in [0.15, 0.2) is 0 Å². The van der Waals surface area contributed by atoms with Crippen molar-refractivity contribution in [1.29, 1.82) is 0 Å². The van der Waals surface area contributed by atoms with E-state index in [4.69, 9.17) is 0 Å². The van der Waals surface area contributed by atoms with Gasteiger partial charge in [-0.05, 0) is 58.2 Å². The number of benzene rings is 1. The zero-order valence-electron chi connectivity index (χ0n) is 13.2. The molecule has 0 radical (unpaired) electrons. The van der Waals surface area contributed by atoms with E-state index in [0.717, 1.165) is 10.7 Å². The van der Waals surface area contributed by atoms with Gasteiger partial charge in [-0.25, -0.2) is 4.98 Å². The Morgan fingerprint density at radius 1 is 1.00 bits per heavy atom. The van der Waals surface area contributed by atoms with E-state index >= 15 is 0 Å². The Hall–Kier alpha value is -1.19. The minimum absolute atomic E-state index is 0.331. The number of nitrogens with one attached hydrogen (secondary N) is 1. The fraction of sp³-hybridized carbons (Fsp3) is 0.471. The molecular weight excluding hydrogens is 264 g/mol. The summed E-state index contributed by atoms with van der Waals surface area (Å²) in [5.41, 5.74) is 5.20. The monoisotopic (exact) mass is 288 g/mol. The van der Waals surface area contributed by atoms with Gasteiger partial charge in [-0.3, -0.25) is 0 Å². The van der Waals surface area contributed by atoms with E-state index in [0.29, 0.717) is 12.1 Å². The van der Waals surface area contributed by atoms with Gasteiger partial charge in [0.25, 0.3) is 0 Å². The summed E-state index contributed by atoms with van der Waals surface area (Å²) < 4.78 is 0. The maximum Gasteiger partial charge on any atom is 0.0900 e. The number of hydrogen-bond donors (Lipinski definition) is 1. The molecule has 108 valence electrons. The summed E-state index contributed by atoms with van der Waals surface area (Å²) in [6, 6.07) is 7.38. The Bertz CT molecular complexity index is 601. The highest BCUT2D eigenvalue weighted by molar-refractivity contribution is 7.11. The van der Waals surface area contributed by atoms with Crippen molar-refractivity contribution in [2.45, 2.75) is 53.6 Å². The van der Waals surface area contributed by atoms with Crippen molar-refractivity contribution in [2.24, 2.45) is 0 Å². The van der Waals surface area contributed by atoms with Gasteiger partial charge < -0.3 is 5.32 Å². The van der Waals surface area contributed by atoms with Crippen molar-refractivity contribution < 1.29 is 0 Å². The molecule has 1 N–H and O–H groups in total. The van der Waals surface area contributed by atoms with Crippen LogP contribution in [0.1, 0.15) is 58.2 Å². The first-order chi connectivity index (χ1) is 9.38. The lowest BCUT2D eigenvalue weighted by Gasteiger charge is -2.20. The van der Waals surface area contributed by atoms with Gasteiger partial charge in [0, 0.05) is 17.0 Å². The highest BCUT2D eigenvalue weighted by Gasteiger charge is 2.16. The molecule has 0 fully saturated rings. The van der Waals surface area contributed by atoms with Gasteiger partial charge in [-0.15, -0.1) is 11.3 Å². The smallest absolute Gasteiger partial charge is 0.0900 e. The molecule has 0 bridgehead atoms. The Morgan fingerprint density at radius 2 is 1.70 bits per heavy atom. The van der Waals surface area contributed by atoms with E-state index in [1.165, 1.54) is 21.6 Å². The van der Waals surface area contributed by atoms with E-state index in [1.807, 2.05) is 0 Å². The van der Waals surface area contributed by atoms with Crippen molar-refractivity contribution in [2.75, 3.05) is 0 Å². The number of aryl methyl sites for hydroxylation is 4. The van der Waals surface area contributed by atoms with Crippen LogP contribution in [-0.4, -0.2) is 4.98 Å². The van der Waals surface area contributed by atoms with Crippen LogP contribution in [0.15, 0.2) is 18.2 Å². The summed E-state index contributed by atoms with van der Waals surface area (Å²) >= 11 is 1.79. The minimum atomic E-state index is 0.331. The Labute approximate surface area is 126 Å². The normalized spacial score (nSPS) is 14.3. The summed E-state index contributed by atoms with van der Waals surface area (Å²) in [5.74, 6) is 0. The molecular formula is C17H24N2S. The summed E-state index contributed by atoms with van der Waals surface area (Å²) in [4.78, 5) is 5.86. The molecule has 0 aliphatic heterocycles. The van der Waals surface area contributed by atoms with Crippen molar-refractivity contribution in [1.82, 2.24) is 10.3 Å². The average molecular weight is 288 g/mol. The SMILES string of the molecule is Cc1nc(C)c(C(C)NC(C)c2ccc(C)c(C)c2)s1. The van der Waals surface area contributed by atoms with Crippen LogP contribution in [0.25, 0.3) is 0 Å². The summed E-state index contributed by atoms with van der Waals surface area (Å²) in [6.45, 7) is 12.9.